The number of aryl methyl sites for hydroxylation is 1. The minimum atomic E-state index is -3.06. The van der Waals surface area contributed by atoms with Crippen molar-refractivity contribution in [1.29, 1.82) is 0 Å². The number of halogens is 4. The van der Waals surface area contributed by atoms with Crippen molar-refractivity contribution < 1.29 is 27.1 Å². The summed E-state index contributed by atoms with van der Waals surface area (Å²) in [6.07, 6.45) is 4.31. The Kier molecular flexibility index (Phi) is 5.60. The Balaban J connectivity index is 1.60. The summed E-state index contributed by atoms with van der Waals surface area (Å²) in [6.45, 7) is -1.21. The number of hydrogen-bond acceptors (Lipinski definition) is 6. The van der Waals surface area contributed by atoms with Crippen molar-refractivity contribution in [2.75, 3.05) is 0 Å². The van der Waals surface area contributed by atoms with Gasteiger partial charge in [0.2, 0.25) is 0 Å². The number of hydrogen-bond donors (Lipinski definition) is 2. The van der Waals surface area contributed by atoms with Gasteiger partial charge in [-0.05, 0) is 25.8 Å². The van der Waals surface area contributed by atoms with E-state index in [0.29, 0.717) is 29.6 Å². The standard InChI is InChI=1S/C19H19F4N5O2S/c1-9-11(12-7-26-28-8-10(30-18(20)21)6-25-16(12)28)5-14(31-9)17(29)27-15-13(24)3-2-4-19(15,22)23/h5-8,13,15,18H,2-4,24H2,1H3,(H,27,29). The van der Waals surface area contributed by atoms with Gasteiger partial charge in [0.15, 0.2) is 11.4 Å². The maximum atomic E-state index is 14.2. The van der Waals surface area contributed by atoms with Gasteiger partial charge in [-0.25, -0.2) is 18.3 Å². The van der Waals surface area contributed by atoms with Gasteiger partial charge in [0.1, 0.15) is 6.04 Å². The minimum Gasteiger partial charge on any atom is -0.432 e. The van der Waals surface area contributed by atoms with E-state index in [-0.39, 0.29) is 17.0 Å². The van der Waals surface area contributed by atoms with E-state index in [1.807, 2.05) is 0 Å². The van der Waals surface area contributed by atoms with Gasteiger partial charge >= 0.3 is 6.61 Å². The number of aromatic nitrogens is 3. The van der Waals surface area contributed by atoms with Crippen LogP contribution in [0.5, 0.6) is 5.75 Å². The molecule has 7 nitrogen and oxygen atoms in total. The largest absolute Gasteiger partial charge is 0.432 e. The third kappa shape index (κ3) is 4.22. The van der Waals surface area contributed by atoms with E-state index in [0.717, 1.165) is 22.4 Å². The maximum absolute atomic E-state index is 14.2. The fourth-order valence-corrected chi connectivity index (χ4v) is 4.64. The van der Waals surface area contributed by atoms with Gasteiger partial charge in [0, 0.05) is 28.5 Å². The van der Waals surface area contributed by atoms with Crippen molar-refractivity contribution in [2.45, 2.75) is 50.8 Å². The lowest BCUT2D eigenvalue weighted by atomic mass is 9.87. The summed E-state index contributed by atoms with van der Waals surface area (Å²) in [5, 5.41) is 6.49. The van der Waals surface area contributed by atoms with Crippen LogP contribution in [0.25, 0.3) is 16.8 Å². The Morgan fingerprint density at radius 3 is 2.87 bits per heavy atom. The molecule has 3 heterocycles. The van der Waals surface area contributed by atoms with E-state index in [4.69, 9.17) is 5.73 Å². The average Bonchev–Trinajstić information content (AvgIpc) is 3.27. The van der Waals surface area contributed by atoms with Gasteiger partial charge in [0.25, 0.3) is 11.8 Å². The van der Waals surface area contributed by atoms with Crippen LogP contribution in [0.15, 0.2) is 24.7 Å². The lowest BCUT2D eigenvalue weighted by Gasteiger charge is -2.36. The quantitative estimate of drug-likeness (QED) is 0.571. The predicted molar refractivity (Wildman–Crippen MR) is 106 cm³/mol. The van der Waals surface area contributed by atoms with Crippen LogP contribution in [-0.4, -0.2) is 45.1 Å². The highest BCUT2D eigenvalue weighted by Gasteiger charge is 2.46. The zero-order chi connectivity index (χ0) is 22.3. The molecular weight excluding hydrogens is 438 g/mol. The second-order valence-electron chi connectivity index (χ2n) is 7.34. The molecule has 1 aliphatic rings. The molecule has 2 atom stereocenters. The van der Waals surface area contributed by atoms with E-state index in [2.05, 4.69) is 20.1 Å². The van der Waals surface area contributed by atoms with Crippen molar-refractivity contribution in [1.82, 2.24) is 19.9 Å². The number of carbonyl (C=O) groups excluding carboxylic acids is 1. The molecule has 2 unspecified atom stereocenters. The number of rotatable bonds is 5. The lowest BCUT2D eigenvalue weighted by molar-refractivity contribution is -0.0674. The third-order valence-electron chi connectivity index (χ3n) is 5.21. The van der Waals surface area contributed by atoms with Crippen molar-refractivity contribution in [3.63, 3.8) is 0 Å². The summed E-state index contributed by atoms with van der Waals surface area (Å²) in [6, 6.07) is -0.669. The molecule has 4 rings (SSSR count). The molecular formula is C19H19F4N5O2S. The van der Waals surface area contributed by atoms with Crippen LogP contribution in [0.1, 0.15) is 33.8 Å². The highest BCUT2D eigenvalue weighted by atomic mass is 32.1. The molecule has 31 heavy (non-hydrogen) atoms. The molecule has 0 spiro atoms. The van der Waals surface area contributed by atoms with E-state index in [1.165, 1.54) is 16.9 Å². The van der Waals surface area contributed by atoms with Crippen LogP contribution in [0, 0.1) is 6.92 Å². The molecule has 3 aromatic heterocycles. The van der Waals surface area contributed by atoms with Gasteiger partial charge in [-0.3, -0.25) is 4.79 Å². The fraction of sp³-hybridized carbons (Fsp3) is 0.421. The highest BCUT2D eigenvalue weighted by Crippen LogP contribution is 2.35. The summed E-state index contributed by atoms with van der Waals surface area (Å²) in [7, 11) is 0. The number of nitrogens with two attached hydrogens (primary N) is 1. The first-order chi connectivity index (χ1) is 14.7. The van der Waals surface area contributed by atoms with E-state index in [1.54, 1.807) is 13.0 Å². The number of amides is 1. The molecule has 0 bridgehead atoms. The Bertz CT molecular complexity index is 1120. The van der Waals surface area contributed by atoms with Crippen LogP contribution in [0.3, 0.4) is 0 Å². The number of alkyl halides is 4. The second kappa shape index (κ2) is 8.08. The maximum Gasteiger partial charge on any atom is 0.387 e. The Labute approximate surface area is 178 Å². The van der Waals surface area contributed by atoms with E-state index >= 15 is 0 Å². The number of ether oxygens (including phenoxy) is 1. The molecule has 1 saturated carbocycles. The molecule has 1 fully saturated rings. The molecule has 1 amide bonds. The Morgan fingerprint density at radius 2 is 2.16 bits per heavy atom. The SMILES string of the molecule is Cc1sc(C(=O)NC2C(N)CCCC2(F)F)cc1-c1cnn2cc(OC(F)F)cnc12. The molecule has 3 N–H and O–H groups in total. The lowest BCUT2D eigenvalue weighted by Crippen LogP contribution is -2.59. The molecule has 0 radical (unpaired) electrons. The predicted octanol–water partition coefficient (Wildman–Crippen LogP) is 3.61. The van der Waals surface area contributed by atoms with E-state index < -0.39 is 30.5 Å². The number of fused-ring (bicyclic) bond motifs is 1. The molecule has 12 heteroatoms. The number of nitrogens with one attached hydrogen (secondary N) is 1. The zero-order valence-corrected chi connectivity index (χ0v) is 17.1. The first-order valence-electron chi connectivity index (χ1n) is 9.49. The highest BCUT2D eigenvalue weighted by molar-refractivity contribution is 7.14. The van der Waals surface area contributed by atoms with E-state index in [9.17, 15) is 22.4 Å². The third-order valence-corrected chi connectivity index (χ3v) is 6.26. The molecule has 0 aliphatic heterocycles. The fourth-order valence-electron chi connectivity index (χ4n) is 3.71. The molecule has 0 aromatic carbocycles. The van der Waals surface area contributed by atoms with Gasteiger partial charge in [-0.2, -0.15) is 13.9 Å². The zero-order valence-electron chi connectivity index (χ0n) is 16.3. The second-order valence-corrected chi connectivity index (χ2v) is 8.60. The summed E-state index contributed by atoms with van der Waals surface area (Å²) in [4.78, 5) is 17.8. The monoisotopic (exact) mass is 457 g/mol. The first-order valence-corrected chi connectivity index (χ1v) is 10.3. The van der Waals surface area contributed by atoms with Crippen LogP contribution in [-0.2, 0) is 0 Å². The summed E-state index contributed by atoms with van der Waals surface area (Å²) < 4.78 is 58.8. The van der Waals surface area contributed by atoms with Gasteiger partial charge in [-0.15, -0.1) is 11.3 Å². The first kappa shape index (κ1) is 21.5. The van der Waals surface area contributed by atoms with Gasteiger partial charge in [-0.1, -0.05) is 0 Å². The molecule has 3 aromatic rings. The average molecular weight is 457 g/mol. The van der Waals surface area contributed by atoms with Crippen LogP contribution < -0.4 is 15.8 Å². The molecule has 0 saturated heterocycles. The van der Waals surface area contributed by atoms with Crippen molar-refractivity contribution in [3.05, 3.63) is 34.4 Å². The van der Waals surface area contributed by atoms with Crippen molar-refractivity contribution >= 4 is 22.9 Å². The number of carbonyl (C=O) groups is 1. The Hall–Kier alpha value is -2.73. The molecule has 166 valence electrons. The van der Waals surface area contributed by atoms with Crippen LogP contribution >= 0.6 is 11.3 Å². The molecule has 1 aliphatic carbocycles. The Morgan fingerprint density at radius 1 is 1.39 bits per heavy atom. The van der Waals surface area contributed by atoms with Gasteiger partial charge in [0.05, 0.1) is 23.5 Å². The van der Waals surface area contributed by atoms with Crippen molar-refractivity contribution in [3.8, 4) is 16.9 Å². The van der Waals surface area contributed by atoms with Crippen LogP contribution in [0.4, 0.5) is 17.6 Å². The summed E-state index contributed by atoms with van der Waals surface area (Å²) in [5.74, 6) is -3.84. The smallest absolute Gasteiger partial charge is 0.387 e. The number of nitrogens with zero attached hydrogens (tertiary/aromatic N) is 3. The van der Waals surface area contributed by atoms with Gasteiger partial charge < -0.3 is 15.8 Å². The summed E-state index contributed by atoms with van der Waals surface area (Å²) >= 11 is 1.14. The van der Waals surface area contributed by atoms with Crippen molar-refractivity contribution in [2.24, 2.45) is 5.73 Å². The van der Waals surface area contributed by atoms with Crippen LogP contribution in [0.2, 0.25) is 0 Å². The normalized spacial score (nSPS) is 20.9. The topological polar surface area (TPSA) is 94.5 Å². The minimum absolute atomic E-state index is 0.149. The number of thiophene rings is 1. The summed E-state index contributed by atoms with van der Waals surface area (Å²) in [5.41, 5.74) is 7.41.